The lowest BCUT2D eigenvalue weighted by molar-refractivity contribution is 0.122. The number of nitrogen functional groups attached to an aromatic ring is 1. The van der Waals surface area contributed by atoms with Gasteiger partial charge in [0, 0.05) is 42.8 Å². The van der Waals surface area contributed by atoms with Gasteiger partial charge in [0.2, 0.25) is 11.9 Å². The number of anilines is 4. The first kappa shape index (κ1) is 18.1. The van der Waals surface area contributed by atoms with Crippen molar-refractivity contribution >= 4 is 23.4 Å². The second-order valence-corrected chi connectivity index (χ2v) is 6.50. The lowest BCUT2D eigenvalue weighted by Gasteiger charge is -2.27. The number of nitrogens with zero attached hydrogens (tertiary/aromatic N) is 5. The van der Waals surface area contributed by atoms with Gasteiger partial charge in [0.25, 0.3) is 0 Å². The maximum atomic E-state index is 5.63. The van der Waals surface area contributed by atoms with Crippen LogP contribution in [0.2, 0.25) is 0 Å². The zero-order valence-corrected chi connectivity index (χ0v) is 15.8. The van der Waals surface area contributed by atoms with Gasteiger partial charge in [0.15, 0.2) is 0 Å². The van der Waals surface area contributed by atoms with E-state index in [-0.39, 0.29) is 5.95 Å². The van der Waals surface area contributed by atoms with Crippen molar-refractivity contribution in [3.8, 4) is 11.3 Å². The van der Waals surface area contributed by atoms with Gasteiger partial charge in [-0.25, -0.2) is 15.0 Å². The quantitative estimate of drug-likeness (QED) is 0.700. The predicted molar refractivity (Wildman–Crippen MR) is 110 cm³/mol. The Bertz CT molecular complexity index is 940. The van der Waals surface area contributed by atoms with E-state index in [1.165, 1.54) is 5.56 Å². The molecule has 0 bridgehead atoms. The molecule has 1 aliphatic rings. The van der Waals surface area contributed by atoms with Crippen LogP contribution < -0.4 is 16.0 Å². The molecule has 1 saturated heterocycles. The van der Waals surface area contributed by atoms with E-state index in [9.17, 15) is 0 Å². The summed E-state index contributed by atoms with van der Waals surface area (Å²) in [5, 5.41) is 3.45. The number of benzene rings is 1. The van der Waals surface area contributed by atoms with Gasteiger partial charge in [0.05, 0.1) is 18.9 Å². The summed E-state index contributed by atoms with van der Waals surface area (Å²) in [6, 6.07) is 10.1. The molecule has 4 rings (SSSR count). The average molecular weight is 377 g/mol. The van der Waals surface area contributed by atoms with Crippen LogP contribution in [0.1, 0.15) is 12.5 Å². The van der Waals surface area contributed by atoms with E-state index in [0.717, 1.165) is 42.3 Å². The van der Waals surface area contributed by atoms with E-state index in [4.69, 9.17) is 20.4 Å². The van der Waals surface area contributed by atoms with Gasteiger partial charge in [-0.15, -0.1) is 0 Å². The van der Waals surface area contributed by atoms with E-state index >= 15 is 0 Å². The van der Waals surface area contributed by atoms with Crippen molar-refractivity contribution in [3.63, 3.8) is 0 Å². The number of hydrogen-bond acceptors (Lipinski definition) is 8. The number of aryl methyl sites for hydroxylation is 1. The third-order valence-corrected chi connectivity index (χ3v) is 4.64. The summed E-state index contributed by atoms with van der Waals surface area (Å²) < 4.78 is 5.46. The highest BCUT2D eigenvalue weighted by atomic mass is 16.5. The van der Waals surface area contributed by atoms with Crippen molar-refractivity contribution in [1.29, 1.82) is 0 Å². The maximum Gasteiger partial charge on any atom is 0.228 e. The Hall–Kier alpha value is -3.26. The molecule has 0 saturated carbocycles. The summed E-state index contributed by atoms with van der Waals surface area (Å²) in [5.41, 5.74) is 9.43. The second-order valence-electron chi connectivity index (χ2n) is 6.50. The minimum absolute atomic E-state index is 0.237. The van der Waals surface area contributed by atoms with Crippen LogP contribution in [0.15, 0.2) is 42.7 Å². The molecule has 144 valence electrons. The molecule has 0 spiro atoms. The Kier molecular flexibility index (Phi) is 5.29. The van der Waals surface area contributed by atoms with Gasteiger partial charge in [0.1, 0.15) is 5.82 Å². The van der Waals surface area contributed by atoms with Crippen LogP contribution in [0.25, 0.3) is 11.3 Å². The predicted octanol–water partition coefficient (Wildman–Crippen LogP) is 2.66. The van der Waals surface area contributed by atoms with Crippen LogP contribution in [-0.2, 0) is 11.2 Å². The summed E-state index contributed by atoms with van der Waals surface area (Å²) in [4.78, 5) is 19.8. The summed E-state index contributed by atoms with van der Waals surface area (Å²) in [6.45, 7) is 4.98. The molecule has 0 atom stereocenters. The van der Waals surface area contributed by atoms with E-state index in [1.54, 1.807) is 12.4 Å². The lowest BCUT2D eigenvalue weighted by atomic mass is 10.1. The Morgan fingerprint density at radius 3 is 2.61 bits per heavy atom. The summed E-state index contributed by atoms with van der Waals surface area (Å²) >= 11 is 0. The first-order valence-corrected chi connectivity index (χ1v) is 9.37. The first-order valence-electron chi connectivity index (χ1n) is 9.37. The van der Waals surface area contributed by atoms with Crippen LogP contribution in [-0.4, -0.2) is 46.2 Å². The third-order valence-electron chi connectivity index (χ3n) is 4.64. The van der Waals surface area contributed by atoms with Crippen molar-refractivity contribution < 1.29 is 4.74 Å². The molecule has 1 fully saturated rings. The molecule has 2 aromatic heterocycles. The van der Waals surface area contributed by atoms with E-state index in [0.29, 0.717) is 19.2 Å². The Balaban J connectivity index is 1.73. The van der Waals surface area contributed by atoms with Crippen LogP contribution in [0, 0.1) is 0 Å². The van der Waals surface area contributed by atoms with Gasteiger partial charge in [-0.1, -0.05) is 25.1 Å². The number of nitrogens with one attached hydrogen (secondary N) is 1. The van der Waals surface area contributed by atoms with E-state index < -0.39 is 0 Å². The summed E-state index contributed by atoms with van der Waals surface area (Å²) in [6.07, 6.45) is 4.29. The van der Waals surface area contributed by atoms with Crippen LogP contribution in [0.3, 0.4) is 0 Å². The number of morpholine rings is 1. The smallest absolute Gasteiger partial charge is 0.228 e. The summed E-state index contributed by atoms with van der Waals surface area (Å²) in [5.74, 6) is 1.62. The molecular weight excluding hydrogens is 354 g/mol. The molecule has 8 heteroatoms. The molecule has 3 heterocycles. The highest BCUT2D eigenvalue weighted by molar-refractivity contribution is 5.68. The fraction of sp³-hybridized carbons (Fsp3) is 0.300. The van der Waals surface area contributed by atoms with Crippen LogP contribution in [0.5, 0.6) is 0 Å². The molecule has 3 N–H and O–H groups in total. The maximum absolute atomic E-state index is 5.63. The molecule has 0 amide bonds. The molecule has 1 aromatic carbocycles. The number of para-hydroxylation sites is 1. The molecule has 0 unspecified atom stereocenters. The minimum Gasteiger partial charge on any atom is -0.378 e. The SMILES string of the molecule is CCc1ccccc1Nc1cc(-c2cnc(N)nc2)nc(N2CCOCC2)n1. The van der Waals surface area contributed by atoms with Crippen molar-refractivity contribution in [2.24, 2.45) is 0 Å². The Morgan fingerprint density at radius 1 is 1.11 bits per heavy atom. The van der Waals surface area contributed by atoms with E-state index in [1.807, 2.05) is 18.2 Å². The average Bonchev–Trinajstić information content (AvgIpc) is 2.75. The van der Waals surface area contributed by atoms with Gasteiger partial charge >= 0.3 is 0 Å². The molecule has 28 heavy (non-hydrogen) atoms. The fourth-order valence-electron chi connectivity index (χ4n) is 3.11. The monoisotopic (exact) mass is 377 g/mol. The standard InChI is InChI=1S/C20H23N7O/c1-2-14-5-3-4-6-16(14)24-18-11-17(15-12-22-19(21)23-13-15)25-20(26-18)27-7-9-28-10-8-27/h3-6,11-13H,2,7-10H2,1H3,(H2,21,22,23)(H,24,25,26). The zero-order chi connectivity index (χ0) is 19.3. The molecular formula is C20H23N7O. The number of aromatic nitrogens is 4. The fourth-order valence-corrected chi connectivity index (χ4v) is 3.11. The molecule has 0 radical (unpaired) electrons. The first-order chi connectivity index (χ1) is 13.7. The number of ether oxygens (including phenoxy) is 1. The lowest BCUT2D eigenvalue weighted by Crippen LogP contribution is -2.37. The van der Waals surface area contributed by atoms with Gasteiger partial charge < -0.3 is 20.7 Å². The van der Waals surface area contributed by atoms with Crippen LogP contribution in [0.4, 0.5) is 23.4 Å². The second kappa shape index (κ2) is 8.18. The Labute approximate surface area is 163 Å². The third kappa shape index (κ3) is 4.01. The molecule has 0 aliphatic carbocycles. The molecule has 8 nitrogen and oxygen atoms in total. The van der Waals surface area contributed by atoms with Gasteiger partial charge in [-0.2, -0.15) is 4.98 Å². The van der Waals surface area contributed by atoms with Gasteiger partial charge in [-0.3, -0.25) is 0 Å². The van der Waals surface area contributed by atoms with Gasteiger partial charge in [-0.05, 0) is 18.1 Å². The number of nitrogens with two attached hydrogens (primary N) is 1. The normalized spacial score (nSPS) is 14.1. The number of hydrogen-bond donors (Lipinski definition) is 2. The van der Waals surface area contributed by atoms with Crippen molar-refractivity contribution in [1.82, 2.24) is 19.9 Å². The molecule has 3 aromatic rings. The number of rotatable bonds is 5. The summed E-state index contributed by atoms with van der Waals surface area (Å²) in [7, 11) is 0. The van der Waals surface area contributed by atoms with Crippen molar-refractivity contribution in [3.05, 3.63) is 48.3 Å². The largest absolute Gasteiger partial charge is 0.378 e. The highest BCUT2D eigenvalue weighted by Gasteiger charge is 2.17. The van der Waals surface area contributed by atoms with Crippen LogP contribution >= 0.6 is 0 Å². The minimum atomic E-state index is 0.237. The van der Waals surface area contributed by atoms with Crippen molar-refractivity contribution in [2.75, 3.05) is 42.3 Å². The van der Waals surface area contributed by atoms with Crippen molar-refractivity contribution in [2.45, 2.75) is 13.3 Å². The topological polar surface area (TPSA) is 102 Å². The zero-order valence-electron chi connectivity index (χ0n) is 15.8. The molecule has 1 aliphatic heterocycles. The Morgan fingerprint density at radius 2 is 1.86 bits per heavy atom. The highest BCUT2D eigenvalue weighted by Crippen LogP contribution is 2.26. The van der Waals surface area contributed by atoms with E-state index in [2.05, 4.69) is 39.2 Å².